The number of carbonyl (C=O) groups is 1. The lowest BCUT2D eigenvalue weighted by molar-refractivity contribution is 0.195. The van der Waals surface area contributed by atoms with Crippen molar-refractivity contribution in [3.05, 3.63) is 53.6 Å². The molecule has 6 nitrogen and oxygen atoms in total. The highest BCUT2D eigenvalue weighted by Crippen LogP contribution is 2.24. The van der Waals surface area contributed by atoms with E-state index in [4.69, 9.17) is 0 Å². The van der Waals surface area contributed by atoms with Crippen LogP contribution in [0.3, 0.4) is 0 Å². The van der Waals surface area contributed by atoms with Crippen LogP contribution in [0.4, 0.5) is 9.18 Å². The lowest BCUT2D eigenvalue weighted by atomic mass is 10.1. The first-order valence-corrected chi connectivity index (χ1v) is 8.99. The fraction of sp³-hybridized carbons (Fsp3) is 0.474. The van der Waals surface area contributed by atoms with Crippen LogP contribution in [-0.2, 0) is 13.6 Å². The van der Waals surface area contributed by atoms with Gasteiger partial charge in [0.15, 0.2) is 0 Å². The minimum Gasteiger partial charge on any atom is -0.336 e. The zero-order chi connectivity index (χ0) is 18.5. The van der Waals surface area contributed by atoms with E-state index in [0.717, 1.165) is 37.1 Å². The summed E-state index contributed by atoms with van der Waals surface area (Å²) in [7, 11) is 3.62. The number of nitrogens with zero attached hydrogens (tertiary/aromatic N) is 4. The second-order valence-electron chi connectivity index (χ2n) is 6.87. The van der Waals surface area contributed by atoms with Gasteiger partial charge in [-0.15, -0.1) is 0 Å². The lowest BCUT2D eigenvalue weighted by Gasteiger charge is -2.29. The van der Waals surface area contributed by atoms with Crippen LogP contribution in [0.25, 0.3) is 0 Å². The number of halogens is 1. The molecule has 0 radical (unpaired) electrons. The van der Waals surface area contributed by atoms with Crippen LogP contribution in [0.15, 0.2) is 36.7 Å². The molecule has 1 atom stereocenters. The molecule has 0 bridgehead atoms. The Balaban J connectivity index is 1.61. The highest BCUT2D eigenvalue weighted by molar-refractivity contribution is 5.73. The molecule has 2 heterocycles. The van der Waals surface area contributed by atoms with Crippen molar-refractivity contribution >= 4 is 6.03 Å². The fourth-order valence-electron chi connectivity index (χ4n) is 3.41. The monoisotopic (exact) mass is 359 g/mol. The van der Waals surface area contributed by atoms with Gasteiger partial charge in [-0.3, -0.25) is 9.58 Å². The van der Waals surface area contributed by atoms with Crippen LogP contribution in [0, 0.1) is 5.82 Å². The number of urea groups is 1. The standard InChI is InChI=1S/C19H26FN5O/c1-23(13-15-11-22-24(2)14-15)19(26)21-12-18(25-9-3-4-10-25)16-5-7-17(20)8-6-16/h5-8,11,14,18H,3-4,9-10,12-13H2,1-2H3,(H,21,26). The predicted octanol–water partition coefficient (Wildman–Crippen LogP) is 2.54. The van der Waals surface area contributed by atoms with E-state index < -0.39 is 0 Å². The van der Waals surface area contributed by atoms with Gasteiger partial charge in [0.1, 0.15) is 5.82 Å². The molecule has 1 aliphatic heterocycles. The normalized spacial score (nSPS) is 15.8. The molecular formula is C19H26FN5O. The first-order valence-electron chi connectivity index (χ1n) is 8.99. The molecule has 1 saturated heterocycles. The molecule has 0 spiro atoms. The van der Waals surface area contributed by atoms with E-state index in [0.29, 0.717) is 13.1 Å². The van der Waals surface area contributed by atoms with Crippen molar-refractivity contribution in [3.8, 4) is 0 Å². The molecule has 2 amide bonds. The summed E-state index contributed by atoms with van der Waals surface area (Å²) in [4.78, 5) is 16.5. The van der Waals surface area contributed by atoms with Gasteiger partial charge in [0.2, 0.25) is 0 Å². The number of amides is 2. The number of benzene rings is 1. The number of carbonyl (C=O) groups excluding carboxylic acids is 1. The van der Waals surface area contributed by atoms with Gasteiger partial charge in [-0.1, -0.05) is 12.1 Å². The van der Waals surface area contributed by atoms with Crippen LogP contribution in [0.5, 0.6) is 0 Å². The summed E-state index contributed by atoms with van der Waals surface area (Å²) in [5, 5.41) is 7.15. The summed E-state index contributed by atoms with van der Waals surface area (Å²) >= 11 is 0. The maximum atomic E-state index is 13.3. The maximum absolute atomic E-state index is 13.3. The van der Waals surface area contributed by atoms with Gasteiger partial charge in [-0.2, -0.15) is 5.10 Å². The number of aromatic nitrogens is 2. The third-order valence-electron chi connectivity index (χ3n) is 4.81. The fourth-order valence-corrected chi connectivity index (χ4v) is 3.41. The van der Waals surface area contributed by atoms with Crippen molar-refractivity contribution < 1.29 is 9.18 Å². The molecule has 26 heavy (non-hydrogen) atoms. The Labute approximate surface area is 153 Å². The molecule has 0 saturated carbocycles. The average Bonchev–Trinajstić information content (AvgIpc) is 3.28. The van der Waals surface area contributed by atoms with Crippen molar-refractivity contribution in [2.24, 2.45) is 7.05 Å². The number of aryl methyl sites for hydroxylation is 1. The topological polar surface area (TPSA) is 53.4 Å². The summed E-state index contributed by atoms with van der Waals surface area (Å²) in [5.41, 5.74) is 2.02. The minimum absolute atomic E-state index is 0.0637. The molecule has 1 aromatic heterocycles. The van der Waals surface area contributed by atoms with Crippen LogP contribution < -0.4 is 5.32 Å². The first kappa shape index (κ1) is 18.4. The Morgan fingerprint density at radius 3 is 2.62 bits per heavy atom. The molecule has 0 aliphatic carbocycles. The molecule has 1 unspecified atom stereocenters. The first-order chi connectivity index (χ1) is 12.5. The van der Waals surface area contributed by atoms with Gasteiger partial charge in [0.05, 0.1) is 18.8 Å². The van der Waals surface area contributed by atoms with E-state index in [9.17, 15) is 9.18 Å². The molecule has 3 rings (SSSR count). The van der Waals surface area contributed by atoms with Crippen LogP contribution >= 0.6 is 0 Å². The largest absolute Gasteiger partial charge is 0.336 e. The zero-order valence-corrected chi connectivity index (χ0v) is 15.4. The molecule has 7 heteroatoms. The lowest BCUT2D eigenvalue weighted by Crippen LogP contribution is -2.42. The summed E-state index contributed by atoms with van der Waals surface area (Å²) in [6.07, 6.45) is 5.98. The van der Waals surface area contributed by atoms with Gasteiger partial charge >= 0.3 is 6.03 Å². The third-order valence-corrected chi connectivity index (χ3v) is 4.81. The molecule has 2 aromatic rings. The highest BCUT2D eigenvalue weighted by Gasteiger charge is 2.24. The Morgan fingerprint density at radius 1 is 1.31 bits per heavy atom. The molecule has 1 fully saturated rings. The van der Waals surface area contributed by atoms with Crippen molar-refractivity contribution in [1.82, 2.24) is 24.9 Å². The summed E-state index contributed by atoms with van der Waals surface area (Å²) in [5.74, 6) is -0.242. The number of rotatable bonds is 6. The minimum atomic E-state index is -0.242. The van der Waals surface area contributed by atoms with E-state index in [1.807, 2.05) is 25.4 Å². The molecule has 1 aromatic carbocycles. The van der Waals surface area contributed by atoms with Gasteiger partial charge in [0, 0.05) is 32.4 Å². The van der Waals surface area contributed by atoms with Crippen molar-refractivity contribution in [3.63, 3.8) is 0 Å². The van der Waals surface area contributed by atoms with E-state index >= 15 is 0 Å². The number of likely N-dealkylation sites (tertiary alicyclic amines) is 1. The van der Waals surface area contributed by atoms with Crippen molar-refractivity contribution in [2.45, 2.75) is 25.4 Å². The quantitative estimate of drug-likeness (QED) is 0.862. The number of hydrogen-bond acceptors (Lipinski definition) is 3. The van der Waals surface area contributed by atoms with E-state index in [2.05, 4.69) is 15.3 Å². The molecular weight excluding hydrogens is 333 g/mol. The summed E-state index contributed by atoms with van der Waals surface area (Å²) < 4.78 is 15.0. The molecule has 1 N–H and O–H groups in total. The Bertz CT molecular complexity index is 724. The van der Waals surface area contributed by atoms with Gasteiger partial charge < -0.3 is 10.2 Å². The van der Waals surface area contributed by atoms with Crippen molar-refractivity contribution in [1.29, 1.82) is 0 Å². The second kappa shape index (κ2) is 8.31. The highest BCUT2D eigenvalue weighted by atomic mass is 19.1. The van der Waals surface area contributed by atoms with E-state index in [-0.39, 0.29) is 17.9 Å². The zero-order valence-electron chi connectivity index (χ0n) is 15.4. The smallest absolute Gasteiger partial charge is 0.317 e. The number of nitrogens with one attached hydrogen (secondary N) is 1. The molecule has 1 aliphatic rings. The van der Waals surface area contributed by atoms with Crippen LogP contribution in [0.1, 0.15) is 30.0 Å². The van der Waals surface area contributed by atoms with E-state index in [1.165, 1.54) is 12.1 Å². The van der Waals surface area contributed by atoms with Gasteiger partial charge in [-0.25, -0.2) is 9.18 Å². The van der Waals surface area contributed by atoms with Crippen LogP contribution in [-0.4, -0.2) is 52.3 Å². The SMILES string of the molecule is CN(Cc1cnn(C)c1)C(=O)NCC(c1ccc(F)cc1)N1CCCC1. The number of hydrogen-bond donors (Lipinski definition) is 1. The Kier molecular flexibility index (Phi) is 5.88. The average molecular weight is 359 g/mol. The maximum Gasteiger partial charge on any atom is 0.317 e. The summed E-state index contributed by atoms with van der Waals surface area (Å²) in [6, 6.07) is 6.52. The predicted molar refractivity (Wildman–Crippen MR) is 98.0 cm³/mol. The van der Waals surface area contributed by atoms with Gasteiger partial charge in [0.25, 0.3) is 0 Å². The second-order valence-corrected chi connectivity index (χ2v) is 6.87. The van der Waals surface area contributed by atoms with Gasteiger partial charge in [-0.05, 0) is 43.6 Å². The Hall–Kier alpha value is -2.41. The Morgan fingerprint density at radius 2 is 2.00 bits per heavy atom. The third kappa shape index (κ3) is 4.60. The summed E-state index contributed by atoms with van der Waals surface area (Å²) in [6.45, 7) is 3.01. The van der Waals surface area contributed by atoms with Crippen molar-refractivity contribution in [2.75, 3.05) is 26.7 Å². The van der Waals surface area contributed by atoms with Crippen LogP contribution in [0.2, 0.25) is 0 Å². The van der Waals surface area contributed by atoms with E-state index in [1.54, 1.807) is 22.8 Å². The molecule has 140 valence electrons.